The van der Waals surface area contributed by atoms with E-state index in [0.29, 0.717) is 29.3 Å². The predicted octanol–water partition coefficient (Wildman–Crippen LogP) is 2.75. The van der Waals surface area contributed by atoms with E-state index in [1.807, 2.05) is 11.8 Å². The maximum Gasteiger partial charge on any atom is 0.244 e. The maximum atomic E-state index is 13.0. The summed E-state index contributed by atoms with van der Waals surface area (Å²) in [6.07, 6.45) is 13.9. The van der Waals surface area contributed by atoms with Crippen LogP contribution in [0.2, 0.25) is 0 Å². The van der Waals surface area contributed by atoms with Crippen LogP contribution in [0.1, 0.15) is 57.8 Å². The van der Waals surface area contributed by atoms with Gasteiger partial charge >= 0.3 is 0 Å². The molecule has 0 aromatic rings. The van der Waals surface area contributed by atoms with Crippen LogP contribution < -0.4 is 5.32 Å². The van der Waals surface area contributed by atoms with Crippen molar-refractivity contribution in [2.45, 2.75) is 80.8 Å². The summed E-state index contributed by atoms with van der Waals surface area (Å²) in [7, 11) is 0. The summed E-state index contributed by atoms with van der Waals surface area (Å²) < 4.78 is 0. The first kappa shape index (κ1) is 13.4. The Morgan fingerprint density at radius 2 is 1.90 bits per heavy atom. The van der Waals surface area contributed by atoms with Crippen LogP contribution >= 0.6 is 11.8 Å². The first-order chi connectivity index (χ1) is 9.75. The van der Waals surface area contributed by atoms with E-state index in [1.54, 1.807) is 0 Å². The lowest BCUT2D eigenvalue weighted by Gasteiger charge is -2.36. The minimum absolute atomic E-state index is 0.126. The van der Waals surface area contributed by atoms with Gasteiger partial charge in [0.1, 0.15) is 0 Å². The summed E-state index contributed by atoms with van der Waals surface area (Å²) in [6.45, 7) is 0. The van der Waals surface area contributed by atoms with E-state index in [2.05, 4.69) is 16.5 Å². The predicted molar refractivity (Wildman–Crippen MR) is 82.6 cm³/mol. The van der Waals surface area contributed by atoms with Crippen LogP contribution in [0.5, 0.6) is 0 Å². The number of hydrogen-bond donors (Lipinski definition) is 1. The summed E-state index contributed by atoms with van der Waals surface area (Å²) >= 11 is 1.97. The molecular formula is C16H26N2OS. The van der Waals surface area contributed by atoms with E-state index >= 15 is 0 Å². The number of carbonyl (C=O) groups excluding carboxylic acids is 1. The van der Waals surface area contributed by atoms with Crippen LogP contribution in [0.15, 0.2) is 0 Å². The third kappa shape index (κ3) is 1.94. The Hall–Kier alpha value is -0.220. The first-order valence-corrected chi connectivity index (χ1v) is 9.67. The Morgan fingerprint density at radius 3 is 2.55 bits per heavy atom. The normalized spacial score (nSPS) is 40.1. The molecule has 1 spiro atoms. The molecule has 20 heavy (non-hydrogen) atoms. The Labute approximate surface area is 126 Å². The quantitative estimate of drug-likeness (QED) is 0.868. The molecule has 4 aliphatic rings. The number of thioether (sulfide) groups is 1. The molecule has 3 saturated carbocycles. The molecule has 112 valence electrons. The van der Waals surface area contributed by atoms with Crippen molar-refractivity contribution in [2.24, 2.45) is 5.92 Å². The smallest absolute Gasteiger partial charge is 0.244 e. The molecule has 1 aliphatic heterocycles. The van der Waals surface area contributed by atoms with Crippen molar-refractivity contribution in [3.05, 3.63) is 0 Å². The maximum absolute atomic E-state index is 13.0. The third-order valence-electron chi connectivity index (χ3n) is 6.04. The SMILES string of the molecule is CSC1CCCC1N1C(=O)C2(CC2)NC1C1CCCC1. The van der Waals surface area contributed by atoms with Crippen LogP contribution in [-0.4, -0.2) is 40.1 Å². The van der Waals surface area contributed by atoms with Crippen molar-refractivity contribution in [1.82, 2.24) is 10.2 Å². The van der Waals surface area contributed by atoms with Gasteiger partial charge in [0.25, 0.3) is 0 Å². The fourth-order valence-electron chi connectivity index (χ4n) is 4.75. The van der Waals surface area contributed by atoms with E-state index in [-0.39, 0.29) is 5.54 Å². The number of nitrogens with zero attached hydrogens (tertiary/aromatic N) is 1. The molecule has 3 nitrogen and oxygen atoms in total. The monoisotopic (exact) mass is 294 g/mol. The molecule has 4 fully saturated rings. The highest BCUT2D eigenvalue weighted by Gasteiger charge is 2.62. The zero-order valence-electron chi connectivity index (χ0n) is 12.4. The average molecular weight is 294 g/mol. The van der Waals surface area contributed by atoms with E-state index in [9.17, 15) is 4.79 Å². The molecule has 1 amide bonds. The lowest BCUT2D eigenvalue weighted by atomic mass is 10.0. The second-order valence-electron chi connectivity index (χ2n) is 7.20. The average Bonchev–Trinajstić information content (AvgIpc) is 2.87. The molecule has 3 unspecified atom stereocenters. The molecule has 3 atom stereocenters. The summed E-state index contributed by atoms with van der Waals surface area (Å²) in [5.74, 6) is 1.15. The van der Waals surface area contributed by atoms with Crippen molar-refractivity contribution < 1.29 is 4.79 Å². The minimum Gasteiger partial charge on any atom is -0.321 e. The van der Waals surface area contributed by atoms with Gasteiger partial charge in [0, 0.05) is 11.3 Å². The molecule has 0 radical (unpaired) electrons. The van der Waals surface area contributed by atoms with Gasteiger partial charge in [-0.2, -0.15) is 11.8 Å². The van der Waals surface area contributed by atoms with Gasteiger partial charge in [0.15, 0.2) is 0 Å². The van der Waals surface area contributed by atoms with Crippen LogP contribution in [0, 0.1) is 5.92 Å². The number of rotatable bonds is 3. The molecule has 4 rings (SSSR count). The van der Waals surface area contributed by atoms with Crippen LogP contribution in [0.25, 0.3) is 0 Å². The third-order valence-corrected chi connectivity index (χ3v) is 7.20. The van der Waals surface area contributed by atoms with E-state index in [4.69, 9.17) is 0 Å². The highest BCUT2D eigenvalue weighted by Crippen LogP contribution is 2.48. The van der Waals surface area contributed by atoms with Crippen LogP contribution in [0.4, 0.5) is 0 Å². The summed E-state index contributed by atoms with van der Waals surface area (Å²) in [4.78, 5) is 15.3. The molecule has 1 N–H and O–H groups in total. The number of hydrogen-bond acceptors (Lipinski definition) is 3. The number of amides is 1. The summed E-state index contributed by atoms with van der Waals surface area (Å²) in [6, 6.07) is 0.496. The van der Waals surface area contributed by atoms with Gasteiger partial charge in [0.2, 0.25) is 5.91 Å². The fourth-order valence-corrected chi connectivity index (χ4v) is 5.73. The molecule has 0 bridgehead atoms. The molecule has 4 heteroatoms. The minimum atomic E-state index is -0.126. The molecule has 3 aliphatic carbocycles. The van der Waals surface area contributed by atoms with Crippen LogP contribution in [0.3, 0.4) is 0 Å². The molecular weight excluding hydrogens is 268 g/mol. The standard InChI is InChI=1S/C16H26N2OS/c1-20-13-8-4-7-12(13)18-14(11-5-2-3-6-11)17-16(9-10-16)15(18)19/h11-14,17H,2-10H2,1H3. The van der Waals surface area contributed by atoms with Crippen molar-refractivity contribution in [3.8, 4) is 0 Å². The number of carbonyl (C=O) groups is 1. The largest absolute Gasteiger partial charge is 0.321 e. The van der Waals surface area contributed by atoms with Crippen molar-refractivity contribution in [3.63, 3.8) is 0 Å². The summed E-state index contributed by atoms with van der Waals surface area (Å²) in [5, 5.41) is 4.44. The lowest BCUT2D eigenvalue weighted by molar-refractivity contribution is -0.133. The van der Waals surface area contributed by atoms with Gasteiger partial charge in [-0.1, -0.05) is 19.3 Å². The second-order valence-corrected chi connectivity index (χ2v) is 8.28. The van der Waals surface area contributed by atoms with Gasteiger partial charge in [-0.05, 0) is 50.7 Å². The lowest BCUT2D eigenvalue weighted by Crippen LogP contribution is -2.50. The van der Waals surface area contributed by atoms with Gasteiger partial charge < -0.3 is 4.90 Å². The molecule has 1 heterocycles. The Morgan fingerprint density at radius 1 is 1.15 bits per heavy atom. The van der Waals surface area contributed by atoms with E-state index < -0.39 is 0 Å². The van der Waals surface area contributed by atoms with Gasteiger partial charge in [0.05, 0.1) is 11.7 Å². The Kier molecular flexibility index (Phi) is 3.30. The number of nitrogens with one attached hydrogen (secondary N) is 1. The highest BCUT2D eigenvalue weighted by molar-refractivity contribution is 7.99. The topological polar surface area (TPSA) is 32.3 Å². The Balaban J connectivity index is 1.61. The van der Waals surface area contributed by atoms with Crippen molar-refractivity contribution in [1.29, 1.82) is 0 Å². The van der Waals surface area contributed by atoms with Gasteiger partial charge in [-0.25, -0.2) is 0 Å². The Bertz CT molecular complexity index is 403. The van der Waals surface area contributed by atoms with Gasteiger partial charge in [-0.3, -0.25) is 10.1 Å². The molecule has 0 aromatic carbocycles. The highest BCUT2D eigenvalue weighted by atomic mass is 32.2. The second kappa shape index (κ2) is 4.91. The zero-order chi connectivity index (χ0) is 13.7. The van der Waals surface area contributed by atoms with Crippen molar-refractivity contribution in [2.75, 3.05) is 6.26 Å². The molecule has 0 aromatic heterocycles. The summed E-state index contributed by atoms with van der Waals surface area (Å²) in [5.41, 5.74) is -0.126. The van der Waals surface area contributed by atoms with E-state index in [1.165, 1.54) is 44.9 Å². The van der Waals surface area contributed by atoms with Gasteiger partial charge in [-0.15, -0.1) is 0 Å². The first-order valence-electron chi connectivity index (χ1n) is 8.38. The van der Waals surface area contributed by atoms with E-state index in [0.717, 1.165) is 12.8 Å². The molecule has 1 saturated heterocycles. The van der Waals surface area contributed by atoms with Crippen LogP contribution in [-0.2, 0) is 4.79 Å². The zero-order valence-corrected chi connectivity index (χ0v) is 13.3. The van der Waals surface area contributed by atoms with Crippen molar-refractivity contribution >= 4 is 17.7 Å². The fraction of sp³-hybridized carbons (Fsp3) is 0.938.